The zero-order chi connectivity index (χ0) is 16.4. The summed E-state index contributed by atoms with van der Waals surface area (Å²) in [4.78, 5) is 16.4. The average Bonchev–Trinajstić information content (AvgIpc) is 3.00. The third-order valence-electron chi connectivity index (χ3n) is 3.23. The second kappa shape index (κ2) is 6.52. The van der Waals surface area contributed by atoms with Gasteiger partial charge in [-0.2, -0.15) is 5.10 Å². The largest absolute Gasteiger partial charge is 0.465 e. The molecule has 2 heterocycles. The number of hydrogen-bond acceptors (Lipinski definition) is 4. The van der Waals surface area contributed by atoms with Crippen LogP contribution in [0, 0.1) is 0 Å². The predicted molar refractivity (Wildman–Crippen MR) is 90.8 cm³/mol. The van der Waals surface area contributed by atoms with Crippen LogP contribution in [0.4, 0.5) is 0 Å². The highest BCUT2D eigenvalue weighted by Crippen LogP contribution is 2.32. The molecule has 116 valence electrons. The molecule has 3 aromatic rings. The monoisotopic (exact) mass is 391 g/mol. The van der Waals surface area contributed by atoms with Crippen molar-refractivity contribution >= 4 is 33.5 Å². The number of methoxy groups -OCH3 is 1. The summed E-state index contributed by atoms with van der Waals surface area (Å²) < 4.78 is 7.26. The summed E-state index contributed by atoms with van der Waals surface area (Å²) >= 11 is 9.64. The lowest BCUT2D eigenvalue weighted by Crippen LogP contribution is -2.06. The van der Waals surface area contributed by atoms with E-state index in [-0.39, 0.29) is 0 Å². The van der Waals surface area contributed by atoms with Crippen LogP contribution >= 0.6 is 27.5 Å². The minimum atomic E-state index is -0.483. The van der Waals surface area contributed by atoms with Gasteiger partial charge in [0.05, 0.1) is 19.0 Å². The van der Waals surface area contributed by atoms with E-state index in [1.165, 1.54) is 13.3 Å². The molecule has 23 heavy (non-hydrogen) atoms. The molecule has 0 bridgehead atoms. The van der Waals surface area contributed by atoms with Crippen molar-refractivity contribution in [3.63, 3.8) is 0 Å². The van der Waals surface area contributed by atoms with E-state index >= 15 is 0 Å². The fourth-order valence-electron chi connectivity index (χ4n) is 2.19. The average molecular weight is 393 g/mol. The van der Waals surface area contributed by atoms with E-state index in [2.05, 4.69) is 26.0 Å². The van der Waals surface area contributed by atoms with Gasteiger partial charge in [-0.3, -0.25) is 0 Å². The van der Waals surface area contributed by atoms with Crippen LogP contribution in [0.25, 0.3) is 17.1 Å². The van der Waals surface area contributed by atoms with E-state index in [4.69, 9.17) is 16.3 Å². The second-order valence-electron chi connectivity index (χ2n) is 4.62. The molecule has 3 rings (SSSR count). The SMILES string of the molecule is COC(=O)c1cnn(-c2ccc(Br)cn2)c1-c1ccccc1Cl. The van der Waals surface area contributed by atoms with Crippen LogP contribution in [0.2, 0.25) is 5.02 Å². The molecule has 0 fully saturated rings. The Bertz CT molecular complexity index is 862. The number of esters is 1. The first-order chi connectivity index (χ1) is 11.1. The fourth-order valence-corrected chi connectivity index (χ4v) is 2.65. The maximum atomic E-state index is 12.1. The van der Waals surface area contributed by atoms with Crippen molar-refractivity contribution in [2.24, 2.45) is 0 Å². The first-order valence-electron chi connectivity index (χ1n) is 6.65. The molecular formula is C16H11BrClN3O2. The Morgan fingerprint density at radius 3 is 2.65 bits per heavy atom. The van der Waals surface area contributed by atoms with Gasteiger partial charge in [-0.1, -0.05) is 29.8 Å². The Labute approximate surface area is 146 Å². The van der Waals surface area contributed by atoms with Crippen LogP contribution in [-0.2, 0) is 4.74 Å². The molecule has 0 unspecified atom stereocenters. The summed E-state index contributed by atoms with van der Waals surface area (Å²) in [6.07, 6.45) is 3.11. The number of rotatable bonds is 3. The highest BCUT2D eigenvalue weighted by atomic mass is 79.9. The van der Waals surface area contributed by atoms with Crippen molar-refractivity contribution in [2.75, 3.05) is 7.11 Å². The molecule has 0 N–H and O–H groups in total. The number of halogens is 2. The lowest BCUT2D eigenvalue weighted by Gasteiger charge is -2.10. The van der Waals surface area contributed by atoms with Gasteiger partial charge in [0.2, 0.25) is 0 Å². The Morgan fingerprint density at radius 1 is 1.22 bits per heavy atom. The van der Waals surface area contributed by atoms with E-state index in [1.807, 2.05) is 24.3 Å². The number of ether oxygens (including phenoxy) is 1. The third-order valence-corrected chi connectivity index (χ3v) is 4.03. The van der Waals surface area contributed by atoms with Gasteiger partial charge in [0.25, 0.3) is 0 Å². The molecule has 5 nitrogen and oxygen atoms in total. The Morgan fingerprint density at radius 2 is 2.00 bits per heavy atom. The molecule has 0 atom stereocenters. The van der Waals surface area contributed by atoms with Crippen LogP contribution in [0.3, 0.4) is 0 Å². The van der Waals surface area contributed by atoms with Gasteiger partial charge in [0.1, 0.15) is 5.56 Å². The van der Waals surface area contributed by atoms with Crippen molar-refractivity contribution in [1.29, 1.82) is 0 Å². The van der Waals surface area contributed by atoms with Gasteiger partial charge in [-0.05, 0) is 34.1 Å². The molecule has 0 amide bonds. The van der Waals surface area contributed by atoms with Gasteiger partial charge < -0.3 is 4.74 Å². The zero-order valence-electron chi connectivity index (χ0n) is 12.0. The van der Waals surface area contributed by atoms with Crippen molar-refractivity contribution in [3.05, 3.63) is 63.9 Å². The Kier molecular flexibility index (Phi) is 4.45. The first kappa shape index (κ1) is 15.7. The molecule has 0 spiro atoms. The number of carbonyl (C=O) groups excluding carboxylic acids is 1. The first-order valence-corrected chi connectivity index (χ1v) is 7.82. The van der Waals surface area contributed by atoms with E-state index < -0.39 is 5.97 Å². The maximum Gasteiger partial charge on any atom is 0.341 e. The molecule has 0 aliphatic heterocycles. The topological polar surface area (TPSA) is 57.0 Å². The number of carbonyl (C=O) groups is 1. The summed E-state index contributed by atoms with van der Waals surface area (Å²) in [5.74, 6) is 0.0848. The van der Waals surface area contributed by atoms with Crippen molar-refractivity contribution in [2.45, 2.75) is 0 Å². The summed E-state index contributed by atoms with van der Waals surface area (Å²) in [6.45, 7) is 0. The van der Waals surface area contributed by atoms with Crippen LogP contribution in [0.1, 0.15) is 10.4 Å². The fraction of sp³-hybridized carbons (Fsp3) is 0.0625. The maximum absolute atomic E-state index is 12.1. The number of pyridine rings is 1. The lowest BCUT2D eigenvalue weighted by atomic mass is 10.1. The second-order valence-corrected chi connectivity index (χ2v) is 5.95. The van der Waals surface area contributed by atoms with Crippen LogP contribution in [-0.4, -0.2) is 27.8 Å². The summed E-state index contributed by atoms with van der Waals surface area (Å²) in [6, 6.07) is 10.9. The Hall–Kier alpha value is -2.18. The van der Waals surface area contributed by atoms with Crippen molar-refractivity contribution in [1.82, 2.24) is 14.8 Å². The quantitative estimate of drug-likeness (QED) is 0.629. The van der Waals surface area contributed by atoms with Crippen LogP contribution in [0.15, 0.2) is 53.3 Å². The number of nitrogens with zero attached hydrogens (tertiary/aromatic N) is 3. The Balaban J connectivity index is 2.26. The van der Waals surface area contributed by atoms with Gasteiger partial charge in [-0.25, -0.2) is 14.5 Å². The molecule has 0 aliphatic rings. The number of benzene rings is 1. The van der Waals surface area contributed by atoms with Gasteiger partial charge in [0.15, 0.2) is 5.82 Å². The molecule has 2 aromatic heterocycles. The van der Waals surface area contributed by atoms with Gasteiger partial charge in [0, 0.05) is 21.3 Å². The summed E-state index contributed by atoms with van der Waals surface area (Å²) in [5.41, 5.74) is 1.54. The highest BCUT2D eigenvalue weighted by Gasteiger charge is 2.22. The van der Waals surface area contributed by atoms with E-state index in [1.54, 1.807) is 23.0 Å². The minimum absolute atomic E-state index is 0.324. The molecule has 0 saturated carbocycles. The van der Waals surface area contributed by atoms with E-state index in [0.29, 0.717) is 27.7 Å². The van der Waals surface area contributed by atoms with Crippen LogP contribution in [0.5, 0.6) is 0 Å². The molecule has 0 aliphatic carbocycles. The summed E-state index contributed by atoms with van der Waals surface area (Å²) in [5, 5.41) is 4.79. The molecular weight excluding hydrogens is 382 g/mol. The predicted octanol–water partition coefficient (Wildman–Crippen LogP) is 4.14. The minimum Gasteiger partial charge on any atom is -0.465 e. The molecule has 7 heteroatoms. The normalized spacial score (nSPS) is 10.6. The van der Waals surface area contributed by atoms with Gasteiger partial charge in [-0.15, -0.1) is 0 Å². The number of aromatic nitrogens is 3. The van der Waals surface area contributed by atoms with E-state index in [9.17, 15) is 4.79 Å². The number of hydrogen-bond donors (Lipinski definition) is 0. The van der Waals surface area contributed by atoms with Gasteiger partial charge >= 0.3 is 5.97 Å². The standard InChI is InChI=1S/C16H11BrClN3O2/c1-23-16(22)12-9-20-21(14-7-6-10(17)8-19-14)15(12)11-4-2-3-5-13(11)18/h2-9H,1H3. The zero-order valence-corrected chi connectivity index (χ0v) is 14.4. The van der Waals surface area contributed by atoms with Crippen molar-refractivity contribution < 1.29 is 9.53 Å². The highest BCUT2D eigenvalue weighted by molar-refractivity contribution is 9.10. The smallest absolute Gasteiger partial charge is 0.341 e. The van der Waals surface area contributed by atoms with Crippen LogP contribution < -0.4 is 0 Å². The third kappa shape index (κ3) is 3.00. The molecule has 1 aromatic carbocycles. The molecule has 0 saturated heterocycles. The molecule has 0 radical (unpaired) electrons. The van der Waals surface area contributed by atoms with E-state index in [0.717, 1.165) is 4.47 Å². The summed E-state index contributed by atoms with van der Waals surface area (Å²) in [7, 11) is 1.33. The lowest BCUT2D eigenvalue weighted by molar-refractivity contribution is 0.0601. The van der Waals surface area contributed by atoms with Crippen molar-refractivity contribution in [3.8, 4) is 17.1 Å².